The summed E-state index contributed by atoms with van der Waals surface area (Å²) < 4.78 is 18.6. The van der Waals surface area contributed by atoms with Gasteiger partial charge < -0.3 is 25.2 Å². The molecule has 3 rings (SSSR count). The van der Waals surface area contributed by atoms with Crippen LogP contribution in [0.2, 0.25) is 0 Å². The number of rotatable bonds is 9. The molecule has 35 heavy (non-hydrogen) atoms. The number of alkyl carbamates (subject to hydrolysis) is 1. The van der Waals surface area contributed by atoms with Crippen LogP contribution in [-0.2, 0) is 18.9 Å². The van der Waals surface area contributed by atoms with E-state index in [4.69, 9.17) is 4.74 Å². The predicted molar refractivity (Wildman–Crippen MR) is 134 cm³/mol. The van der Waals surface area contributed by atoms with Crippen LogP contribution in [0.5, 0.6) is 0 Å². The summed E-state index contributed by atoms with van der Waals surface area (Å²) in [5.74, 6) is -1.04. The summed E-state index contributed by atoms with van der Waals surface area (Å²) in [6.07, 6.45) is 6.69. The van der Waals surface area contributed by atoms with E-state index in [1.165, 1.54) is 4.90 Å². The van der Waals surface area contributed by atoms with Gasteiger partial charge in [0.05, 0.1) is 0 Å². The van der Waals surface area contributed by atoms with Gasteiger partial charge in [-0.05, 0) is 56.8 Å². The molecule has 3 amide bonds. The summed E-state index contributed by atoms with van der Waals surface area (Å²) in [6.45, 7) is 11.5. The molecular formula is C25H42N3O6P. The molecule has 198 valence electrons. The molecule has 3 fully saturated rings. The van der Waals surface area contributed by atoms with Gasteiger partial charge in [0.2, 0.25) is 19.2 Å². The Kier molecular flexibility index (Phi) is 8.42. The monoisotopic (exact) mass is 511 g/mol. The molecule has 5 atom stereocenters. The molecule has 1 aliphatic heterocycles. The van der Waals surface area contributed by atoms with Gasteiger partial charge >= 0.3 is 6.09 Å². The van der Waals surface area contributed by atoms with E-state index in [1.54, 1.807) is 6.08 Å². The topological polar surface area (TPSA) is 125 Å². The lowest BCUT2D eigenvalue weighted by Gasteiger charge is -2.36. The van der Waals surface area contributed by atoms with Crippen LogP contribution in [0, 0.1) is 11.3 Å². The highest BCUT2D eigenvalue weighted by atomic mass is 31.2. The number of carbonyl (C=O) groups excluding carboxylic acids is 3. The lowest BCUT2D eigenvalue weighted by atomic mass is 9.85. The average Bonchev–Trinajstić information content (AvgIpc) is 3.11. The van der Waals surface area contributed by atoms with Crippen molar-refractivity contribution >= 4 is 25.3 Å². The number of likely N-dealkylation sites (tertiary alicyclic amines) is 1. The van der Waals surface area contributed by atoms with Gasteiger partial charge in [-0.15, -0.1) is 6.58 Å². The number of nitrogens with one attached hydrogen (secondary N) is 2. The van der Waals surface area contributed by atoms with Crippen molar-refractivity contribution in [3.8, 4) is 0 Å². The third kappa shape index (κ3) is 5.93. The van der Waals surface area contributed by atoms with E-state index >= 15 is 0 Å². The van der Waals surface area contributed by atoms with Gasteiger partial charge in [0, 0.05) is 18.6 Å². The second-order valence-electron chi connectivity index (χ2n) is 11.3. The molecule has 10 heteroatoms. The van der Waals surface area contributed by atoms with E-state index in [0.29, 0.717) is 32.2 Å². The Bertz CT molecular complexity index is 881. The number of hydrogen-bond donors (Lipinski definition) is 3. The van der Waals surface area contributed by atoms with E-state index < -0.39 is 42.1 Å². The van der Waals surface area contributed by atoms with E-state index in [9.17, 15) is 23.8 Å². The first kappa shape index (κ1) is 27.7. The minimum Gasteiger partial charge on any atom is -0.446 e. The number of ether oxygens (including phenoxy) is 1. The van der Waals surface area contributed by atoms with Crippen LogP contribution in [0.4, 0.5) is 4.79 Å². The zero-order valence-corrected chi connectivity index (χ0v) is 22.4. The van der Waals surface area contributed by atoms with E-state index in [1.807, 2.05) is 27.7 Å². The van der Waals surface area contributed by atoms with Crippen LogP contribution >= 0.6 is 7.37 Å². The first-order chi connectivity index (χ1) is 16.4. The number of amides is 3. The van der Waals surface area contributed by atoms with E-state index in [-0.39, 0.29) is 24.1 Å². The average molecular weight is 512 g/mol. The summed E-state index contributed by atoms with van der Waals surface area (Å²) in [5.41, 5.74) is -0.608. The van der Waals surface area contributed by atoms with Crippen LogP contribution in [0.3, 0.4) is 0 Å². The van der Waals surface area contributed by atoms with Crippen LogP contribution < -0.4 is 10.6 Å². The van der Waals surface area contributed by atoms with Crippen LogP contribution in [0.15, 0.2) is 12.7 Å². The van der Waals surface area contributed by atoms with Crippen molar-refractivity contribution in [2.75, 3.05) is 12.7 Å². The van der Waals surface area contributed by atoms with E-state index in [0.717, 1.165) is 25.7 Å². The Morgan fingerprint density at radius 3 is 2.43 bits per heavy atom. The third-order valence-corrected chi connectivity index (χ3v) is 10.5. The first-order valence-corrected chi connectivity index (χ1v) is 14.7. The maximum absolute atomic E-state index is 13.6. The lowest BCUT2D eigenvalue weighted by molar-refractivity contribution is -0.142. The maximum Gasteiger partial charge on any atom is 0.408 e. The summed E-state index contributed by atoms with van der Waals surface area (Å²) >= 11 is 0. The third-order valence-electron chi connectivity index (χ3n) is 7.55. The van der Waals surface area contributed by atoms with Crippen molar-refractivity contribution < 1.29 is 28.6 Å². The molecule has 9 nitrogen and oxygen atoms in total. The molecule has 2 saturated carbocycles. The zero-order valence-electron chi connectivity index (χ0n) is 21.5. The van der Waals surface area contributed by atoms with Gasteiger partial charge in [0.15, 0.2) is 0 Å². The van der Waals surface area contributed by atoms with Crippen LogP contribution in [0.25, 0.3) is 0 Å². The number of carbonyl (C=O) groups is 3. The fraction of sp³-hybridized carbons (Fsp3) is 0.800. The molecule has 0 bridgehead atoms. The maximum atomic E-state index is 13.6. The fourth-order valence-corrected chi connectivity index (χ4v) is 7.81. The van der Waals surface area contributed by atoms with Gasteiger partial charge in [0.1, 0.15) is 23.5 Å². The first-order valence-electron chi connectivity index (χ1n) is 12.9. The number of hydrogen-bond acceptors (Lipinski definition) is 5. The van der Waals surface area contributed by atoms with Crippen molar-refractivity contribution in [1.29, 1.82) is 0 Å². The van der Waals surface area contributed by atoms with Crippen molar-refractivity contribution in [3.05, 3.63) is 12.7 Å². The molecule has 0 spiro atoms. The smallest absolute Gasteiger partial charge is 0.408 e. The molecule has 1 unspecified atom stereocenters. The molecule has 1 saturated heterocycles. The Hall–Kier alpha value is -1.86. The van der Waals surface area contributed by atoms with Crippen molar-refractivity contribution in [2.24, 2.45) is 11.3 Å². The fourth-order valence-electron chi connectivity index (χ4n) is 5.41. The van der Waals surface area contributed by atoms with Gasteiger partial charge in [0.25, 0.3) is 0 Å². The summed E-state index contributed by atoms with van der Waals surface area (Å²) in [4.78, 5) is 51.8. The van der Waals surface area contributed by atoms with Crippen LogP contribution in [0.1, 0.15) is 79.1 Å². The molecule has 3 N–H and O–H groups in total. The van der Waals surface area contributed by atoms with Crippen molar-refractivity contribution in [1.82, 2.24) is 15.5 Å². The summed E-state index contributed by atoms with van der Waals surface area (Å²) in [6, 6.07) is -1.63. The Balaban J connectivity index is 1.73. The van der Waals surface area contributed by atoms with E-state index in [2.05, 4.69) is 17.2 Å². The standard InChI is InChI=1S/C25H42N3O6P/c1-6-15-35(32,33)25(16-17(25)7-2)27-21(29)19-13-10-14-28(19)22(30)20(24(3,4)5)26-23(31)34-18-11-8-9-12-18/h7,17-20H,2,6,8-16H2,1,3-5H3,(H,26,31)(H,27,29)(H,32,33)/t17-,19+,20-,25+/m1/s1. The van der Waals surface area contributed by atoms with Gasteiger partial charge in [-0.1, -0.05) is 33.8 Å². The molecule has 0 aromatic carbocycles. The summed E-state index contributed by atoms with van der Waals surface area (Å²) in [7, 11) is -3.65. The van der Waals surface area contributed by atoms with Crippen molar-refractivity contribution in [3.63, 3.8) is 0 Å². The number of nitrogens with zero attached hydrogens (tertiary/aromatic N) is 1. The molecule has 0 aromatic heterocycles. The quantitative estimate of drug-likeness (QED) is 0.320. The zero-order chi connectivity index (χ0) is 26.0. The Morgan fingerprint density at radius 1 is 1.23 bits per heavy atom. The van der Waals surface area contributed by atoms with Crippen LogP contribution in [-0.4, -0.2) is 63.9 Å². The van der Waals surface area contributed by atoms with Crippen molar-refractivity contribution in [2.45, 2.75) is 103 Å². The Morgan fingerprint density at radius 2 is 1.89 bits per heavy atom. The molecule has 2 aliphatic carbocycles. The second kappa shape index (κ2) is 10.6. The van der Waals surface area contributed by atoms with Gasteiger partial charge in [-0.25, -0.2) is 4.79 Å². The van der Waals surface area contributed by atoms with Gasteiger partial charge in [-0.3, -0.25) is 14.2 Å². The minimum absolute atomic E-state index is 0.115. The normalized spacial score (nSPS) is 29.2. The minimum atomic E-state index is -3.65. The molecule has 0 radical (unpaired) electrons. The molecule has 1 heterocycles. The molecule has 3 aliphatic rings. The molecular weight excluding hydrogens is 469 g/mol. The largest absolute Gasteiger partial charge is 0.446 e. The highest BCUT2D eigenvalue weighted by Crippen LogP contribution is 2.69. The predicted octanol–water partition coefficient (Wildman–Crippen LogP) is 3.76. The SMILES string of the molecule is C=C[C@@H]1C[C@]1(NC(=O)[C@@H]1CCCN1C(=O)[C@@H](NC(=O)OC1CCCC1)C(C)(C)C)P(=O)(O)CCC. The highest BCUT2D eigenvalue weighted by Gasteiger charge is 2.65. The second-order valence-corrected chi connectivity index (χ2v) is 14.0. The Labute approximate surface area is 208 Å². The van der Waals surface area contributed by atoms with Gasteiger partial charge in [-0.2, -0.15) is 0 Å². The lowest BCUT2D eigenvalue weighted by Crippen LogP contribution is -2.58. The molecule has 0 aromatic rings. The highest BCUT2D eigenvalue weighted by molar-refractivity contribution is 7.60. The summed E-state index contributed by atoms with van der Waals surface area (Å²) in [5, 5.41) is 4.41.